The predicted octanol–water partition coefficient (Wildman–Crippen LogP) is 1.56. The van der Waals surface area contributed by atoms with E-state index in [1.807, 2.05) is 11.9 Å². The van der Waals surface area contributed by atoms with Crippen LogP contribution in [0.5, 0.6) is 0 Å². The zero-order valence-electron chi connectivity index (χ0n) is 14.0. The molecule has 3 fully saturated rings. The number of hydrogen-bond acceptors (Lipinski definition) is 4. The minimum Gasteiger partial charge on any atom is -0.378 e. The third-order valence-corrected chi connectivity index (χ3v) is 5.91. The van der Waals surface area contributed by atoms with Crippen LogP contribution in [0.2, 0.25) is 0 Å². The molecule has 0 bridgehead atoms. The van der Waals surface area contributed by atoms with E-state index < -0.39 is 0 Å². The number of carbonyl (C=O) groups excluding carboxylic acids is 1. The number of nitrogens with one attached hydrogen (secondary N) is 1. The summed E-state index contributed by atoms with van der Waals surface area (Å²) in [4.78, 5) is 14.7. The molecule has 22 heavy (non-hydrogen) atoms. The Hall–Kier alpha value is -0.650. The minimum absolute atomic E-state index is 0.136. The lowest BCUT2D eigenvalue weighted by molar-refractivity contribution is -0.190. The van der Waals surface area contributed by atoms with Crippen LogP contribution in [0.25, 0.3) is 0 Å². The lowest BCUT2D eigenvalue weighted by Crippen LogP contribution is -2.67. The second-order valence-corrected chi connectivity index (χ2v) is 7.00. The van der Waals surface area contributed by atoms with E-state index in [-0.39, 0.29) is 17.4 Å². The van der Waals surface area contributed by atoms with Crippen LogP contribution in [-0.4, -0.2) is 62.4 Å². The molecule has 3 aliphatic rings. The fraction of sp³-hybridized carbons (Fsp3) is 0.941. The number of nitrogens with zero attached hydrogens (tertiary/aromatic N) is 1. The van der Waals surface area contributed by atoms with Crippen molar-refractivity contribution in [1.29, 1.82) is 0 Å². The quantitative estimate of drug-likeness (QED) is 0.856. The number of ether oxygens (including phenoxy) is 2. The zero-order valence-corrected chi connectivity index (χ0v) is 14.0. The SMILES string of the molecule is CCOC1CC(N(C)C(=O)C2CNCCO2)C12CCCCC2. The smallest absolute Gasteiger partial charge is 0.253 e. The first-order chi connectivity index (χ1) is 10.7. The summed E-state index contributed by atoms with van der Waals surface area (Å²) in [6.45, 7) is 4.94. The standard InChI is InChI=1S/C17H30N2O3/c1-3-21-15-11-14(17(15)7-5-4-6-8-17)19(2)16(20)13-12-18-9-10-22-13/h13-15,18H,3-12H2,1-2H3. The van der Waals surface area contributed by atoms with Crippen LogP contribution in [0.4, 0.5) is 0 Å². The Morgan fingerprint density at radius 3 is 2.77 bits per heavy atom. The van der Waals surface area contributed by atoms with Gasteiger partial charge in [0.05, 0.1) is 12.7 Å². The van der Waals surface area contributed by atoms with E-state index in [1.165, 1.54) is 32.1 Å². The van der Waals surface area contributed by atoms with E-state index in [2.05, 4.69) is 12.2 Å². The highest BCUT2D eigenvalue weighted by Crippen LogP contribution is 2.55. The van der Waals surface area contributed by atoms with Gasteiger partial charge in [-0.05, 0) is 26.2 Å². The first-order valence-electron chi connectivity index (χ1n) is 8.89. The van der Waals surface area contributed by atoms with Crippen molar-refractivity contribution in [3.63, 3.8) is 0 Å². The molecule has 5 heteroatoms. The number of amides is 1. The minimum atomic E-state index is -0.314. The first kappa shape index (κ1) is 16.2. The van der Waals surface area contributed by atoms with E-state index in [9.17, 15) is 4.79 Å². The maximum Gasteiger partial charge on any atom is 0.253 e. The number of rotatable bonds is 4. The summed E-state index contributed by atoms with van der Waals surface area (Å²) in [6.07, 6.45) is 7.26. The largest absolute Gasteiger partial charge is 0.378 e. The van der Waals surface area contributed by atoms with Crippen LogP contribution in [0.15, 0.2) is 0 Å². The molecular formula is C17H30N2O3. The van der Waals surface area contributed by atoms with Crippen molar-refractivity contribution in [3.8, 4) is 0 Å². The summed E-state index contributed by atoms with van der Waals surface area (Å²) in [5.41, 5.74) is 0.195. The molecule has 0 radical (unpaired) electrons. The third kappa shape index (κ3) is 2.79. The molecule has 0 aromatic heterocycles. The van der Waals surface area contributed by atoms with Gasteiger partial charge in [-0.15, -0.1) is 0 Å². The van der Waals surface area contributed by atoms with Crippen molar-refractivity contribution >= 4 is 5.91 Å². The molecule has 1 aliphatic heterocycles. The van der Waals surface area contributed by atoms with Crippen molar-refractivity contribution in [2.45, 2.75) is 63.7 Å². The van der Waals surface area contributed by atoms with Crippen molar-refractivity contribution < 1.29 is 14.3 Å². The highest BCUT2D eigenvalue weighted by atomic mass is 16.5. The Bertz CT molecular complexity index is 389. The van der Waals surface area contributed by atoms with E-state index in [0.717, 1.165) is 19.6 Å². The van der Waals surface area contributed by atoms with Gasteiger partial charge >= 0.3 is 0 Å². The summed E-state index contributed by atoms with van der Waals surface area (Å²) in [5.74, 6) is 0.136. The van der Waals surface area contributed by atoms with Gasteiger partial charge in [-0.3, -0.25) is 4.79 Å². The van der Waals surface area contributed by atoms with Crippen molar-refractivity contribution in [3.05, 3.63) is 0 Å². The van der Waals surface area contributed by atoms with Crippen LogP contribution in [0.3, 0.4) is 0 Å². The number of carbonyl (C=O) groups is 1. The van der Waals surface area contributed by atoms with Crippen molar-refractivity contribution in [1.82, 2.24) is 10.2 Å². The normalized spacial score (nSPS) is 34.2. The van der Waals surface area contributed by atoms with E-state index in [0.29, 0.717) is 25.3 Å². The Balaban J connectivity index is 1.68. The lowest BCUT2D eigenvalue weighted by Gasteiger charge is -2.60. The van der Waals surface area contributed by atoms with Gasteiger partial charge in [-0.2, -0.15) is 0 Å². The molecule has 5 nitrogen and oxygen atoms in total. The zero-order chi connectivity index (χ0) is 15.6. The maximum absolute atomic E-state index is 12.7. The Labute approximate surface area is 133 Å². The summed E-state index contributed by atoms with van der Waals surface area (Å²) in [6, 6.07) is 0.322. The summed E-state index contributed by atoms with van der Waals surface area (Å²) >= 11 is 0. The van der Waals surface area contributed by atoms with Crippen LogP contribution < -0.4 is 5.32 Å². The van der Waals surface area contributed by atoms with Gasteiger partial charge in [0.1, 0.15) is 6.10 Å². The molecule has 3 rings (SSSR count). The van der Waals surface area contributed by atoms with Gasteiger partial charge in [0.25, 0.3) is 5.91 Å². The molecule has 3 unspecified atom stereocenters. The van der Waals surface area contributed by atoms with Crippen LogP contribution >= 0.6 is 0 Å². The van der Waals surface area contributed by atoms with Crippen molar-refractivity contribution in [2.75, 3.05) is 33.4 Å². The van der Waals surface area contributed by atoms with E-state index >= 15 is 0 Å². The average molecular weight is 310 g/mol. The lowest BCUT2D eigenvalue weighted by atomic mass is 9.54. The monoisotopic (exact) mass is 310 g/mol. The molecule has 2 saturated carbocycles. The molecule has 0 aromatic carbocycles. The molecule has 2 aliphatic carbocycles. The Kier molecular flexibility index (Phi) is 5.05. The van der Waals surface area contributed by atoms with Crippen molar-refractivity contribution in [2.24, 2.45) is 5.41 Å². The summed E-state index contributed by atoms with van der Waals surface area (Å²) in [7, 11) is 1.96. The Morgan fingerprint density at radius 2 is 2.14 bits per heavy atom. The topological polar surface area (TPSA) is 50.8 Å². The van der Waals surface area contributed by atoms with Gasteiger partial charge in [0, 0.05) is 38.2 Å². The fourth-order valence-corrected chi connectivity index (χ4v) is 4.68. The summed E-state index contributed by atoms with van der Waals surface area (Å²) < 4.78 is 11.6. The summed E-state index contributed by atoms with van der Waals surface area (Å²) in [5, 5.41) is 3.25. The fourth-order valence-electron chi connectivity index (χ4n) is 4.68. The molecule has 0 aromatic rings. The van der Waals surface area contributed by atoms with Gasteiger partial charge in [0.15, 0.2) is 0 Å². The molecule has 1 amide bonds. The maximum atomic E-state index is 12.7. The molecule has 1 spiro atoms. The number of likely N-dealkylation sites (N-methyl/N-ethyl adjacent to an activating group) is 1. The first-order valence-corrected chi connectivity index (χ1v) is 8.89. The second kappa shape index (κ2) is 6.85. The number of hydrogen-bond donors (Lipinski definition) is 1. The number of morpholine rings is 1. The van der Waals surface area contributed by atoms with Gasteiger partial charge in [-0.1, -0.05) is 19.3 Å². The highest BCUT2D eigenvalue weighted by molar-refractivity contribution is 5.81. The van der Waals surface area contributed by atoms with Gasteiger partial charge in [-0.25, -0.2) is 0 Å². The molecule has 126 valence electrons. The highest BCUT2D eigenvalue weighted by Gasteiger charge is 2.58. The molecule has 1 saturated heterocycles. The van der Waals surface area contributed by atoms with Crippen LogP contribution in [0, 0.1) is 5.41 Å². The average Bonchev–Trinajstić information content (AvgIpc) is 2.58. The second-order valence-electron chi connectivity index (χ2n) is 7.00. The molecule has 1 heterocycles. The molecule has 3 atom stereocenters. The predicted molar refractivity (Wildman–Crippen MR) is 84.7 cm³/mol. The molecule has 1 N–H and O–H groups in total. The molecular weight excluding hydrogens is 280 g/mol. The van der Waals surface area contributed by atoms with Crippen LogP contribution in [-0.2, 0) is 14.3 Å². The van der Waals surface area contributed by atoms with Crippen LogP contribution in [0.1, 0.15) is 45.4 Å². The van der Waals surface area contributed by atoms with E-state index in [1.54, 1.807) is 0 Å². The van der Waals surface area contributed by atoms with Gasteiger partial charge < -0.3 is 19.7 Å². The third-order valence-electron chi connectivity index (χ3n) is 5.91. The van der Waals surface area contributed by atoms with Gasteiger partial charge in [0.2, 0.25) is 0 Å². The van der Waals surface area contributed by atoms with E-state index in [4.69, 9.17) is 9.47 Å². The Morgan fingerprint density at radius 1 is 1.36 bits per heavy atom.